The molecule has 2 nitrogen and oxygen atoms in total. The van der Waals surface area contributed by atoms with Gasteiger partial charge >= 0.3 is 0 Å². The molecule has 0 fully saturated rings. The van der Waals surface area contributed by atoms with Crippen LogP contribution in [-0.4, -0.2) is 12.6 Å². The molecule has 0 radical (unpaired) electrons. The first-order chi connectivity index (χ1) is 6.33. The molecule has 0 aliphatic rings. The van der Waals surface area contributed by atoms with Gasteiger partial charge < -0.3 is 9.73 Å². The van der Waals surface area contributed by atoms with Gasteiger partial charge in [0.05, 0.1) is 6.26 Å². The van der Waals surface area contributed by atoms with Crippen molar-refractivity contribution in [3.8, 4) is 0 Å². The number of furan rings is 1. The number of hydrogen-bond acceptors (Lipinski definition) is 2. The van der Waals surface area contributed by atoms with Crippen molar-refractivity contribution in [1.82, 2.24) is 5.32 Å². The fraction of sp³-hybridized carbons (Fsp3) is 0.455. The van der Waals surface area contributed by atoms with Crippen molar-refractivity contribution >= 4 is 0 Å². The lowest BCUT2D eigenvalue weighted by Gasteiger charge is -2.09. The molecule has 13 heavy (non-hydrogen) atoms. The molecule has 1 unspecified atom stereocenters. The molecular formula is C11H17NO. The Kier molecular flexibility index (Phi) is 4.33. The molecule has 0 aromatic carbocycles. The molecule has 2 heteroatoms. The third-order valence-electron chi connectivity index (χ3n) is 1.91. The second-order valence-electron chi connectivity index (χ2n) is 3.16. The summed E-state index contributed by atoms with van der Waals surface area (Å²) in [5.41, 5.74) is 0. The van der Waals surface area contributed by atoms with Gasteiger partial charge in [-0.25, -0.2) is 0 Å². The molecule has 1 N–H and O–H groups in total. The fourth-order valence-electron chi connectivity index (χ4n) is 1.19. The second kappa shape index (κ2) is 5.60. The molecule has 1 heterocycles. The van der Waals surface area contributed by atoms with Gasteiger partial charge in [-0.15, -0.1) is 0 Å². The minimum Gasteiger partial charge on any atom is -0.469 e. The normalized spacial score (nSPS) is 13.7. The lowest BCUT2D eigenvalue weighted by atomic mass is 10.2. The lowest BCUT2D eigenvalue weighted by Crippen LogP contribution is -2.27. The van der Waals surface area contributed by atoms with Crippen molar-refractivity contribution in [3.05, 3.63) is 36.3 Å². The second-order valence-corrected chi connectivity index (χ2v) is 3.16. The van der Waals surface area contributed by atoms with Crippen molar-refractivity contribution in [3.63, 3.8) is 0 Å². The van der Waals surface area contributed by atoms with Crippen LogP contribution in [0, 0.1) is 0 Å². The Labute approximate surface area is 79.6 Å². The van der Waals surface area contributed by atoms with E-state index in [0.717, 1.165) is 18.7 Å². The number of allylic oxidation sites excluding steroid dienone is 1. The van der Waals surface area contributed by atoms with Gasteiger partial charge in [0, 0.05) is 19.0 Å². The fourth-order valence-corrected chi connectivity index (χ4v) is 1.19. The standard InChI is InChI=1S/C11H17NO/c1-3-4-7-12-10(2)9-11-6-5-8-13-11/h3-6,8,10,12H,7,9H2,1-2H3/b4-3+. The van der Waals surface area contributed by atoms with Crippen molar-refractivity contribution in [1.29, 1.82) is 0 Å². The Balaban J connectivity index is 2.21. The highest BCUT2D eigenvalue weighted by Crippen LogP contribution is 2.03. The summed E-state index contributed by atoms with van der Waals surface area (Å²) in [5.74, 6) is 1.04. The summed E-state index contributed by atoms with van der Waals surface area (Å²) in [5, 5.41) is 3.38. The molecule has 0 bridgehead atoms. The van der Waals surface area contributed by atoms with Crippen LogP contribution in [0.15, 0.2) is 35.0 Å². The third kappa shape index (κ3) is 3.95. The van der Waals surface area contributed by atoms with E-state index in [-0.39, 0.29) is 0 Å². The maximum atomic E-state index is 5.25. The van der Waals surface area contributed by atoms with E-state index in [2.05, 4.69) is 18.3 Å². The van der Waals surface area contributed by atoms with Gasteiger partial charge in [0.2, 0.25) is 0 Å². The third-order valence-corrected chi connectivity index (χ3v) is 1.91. The summed E-state index contributed by atoms with van der Waals surface area (Å²) >= 11 is 0. The van der Waals surface area contributed by atoms with Crippen LogP contribution in [-0.2, 0) is 6.42 Å². The van der Waals surface area contributed by atoms with Gasteiger partial charge in [0.1, 0.15) is 5.76 Å². The van der Waals surface area contributed by atoms with Gasteiger partial charge in [0.15, 0.2) is 0 Å². The van der Waals surface area contributed by atoms with Gasteiger partial charge in [-0.2, -0.15) is 0 Å². The zero-order valence-corrected chi connectivity index (χ0v) is 8.29. The monoisotopic (exact) mass is 179 g/mol. The van der Waals surface area contributed by atoms with E-state index in [9.17, 15) is 0 Å². The maximum Gasteiger partial charge on any atom is 0.105 e. The van der Waals surface area contributed by atoms with Crippen LogP contribution in [0.3, 0.4) is 0 Å². The van der Waals surface area contributed by atoms with Crippen LogP contribution in [0.2, 0.25) is 0 Å². The summed E-state index contributed by atoms with van der Waals surface area (Å²) in [6.45, 7) is 5.11. The van der Waals surface area contributed by atoms with Gasteiger partial charge in [-0.05, 0) is 26.0 Å². The lowest BCUT2D eigenvalue weighted by molar-refractivity contribution is 0.466. The molecule has 0 spiro atoms. The molecule has 0 saturated carbocycles. The Hall–Kier alpha value is -1.02. The first-order valence-corrected chi connectivity index (χ1v) is 4.70. The zero-order valence-electron chi connectivity index (χ0n) is 8.29. The van der Waals surface area contributed by atoms with Gasteiger partial charge in [-0.1, -0.05) is 12.2 Å². The predicted octanol–water partition coefficient (Wildman–Crippen LogP) is 2.38. The van der Waals surface area contributed by atoms with Crippen LogP contribution in [0.5, 0.6) is 0 Å². The van der Waals surface area contributed by atoms with Gasteiger partial charge in [-0.3, -0.25) is 0 Å². The molecule has 0 aliphatic heterocycles. The van der Waals surface area contributed by atoms with Crippen LogP contribution >= 0.6 is 0 Å². The minimum absolute atomic E-state index is 0.461. The molecular weight excluding hydrogens is 162 g/mol. The molecule has 1 aromatic rings. The maximum absolute atomic E-state index is 5.25. The van der Waals surface area contributed by atoms with E-state index in [1.54, 1.807) is 6.26 Å². The molecule has 72 valence electrons. The summed E-state index contributed by atoms with van der Waals surface area (Å²) in [6, 6.07) is 4.39. The largest absolute Gasteiger partial charge is 0.469 e. The van der Waals surface area contributed by atoms with E-state index < -0.39 is 0 Å². The first kappa shape index (κ1) is 10.1. The Morgan fingerprint density at radius 1 is 1.62 bits per heavy atom. The van der Waals surface area contributed by atoms with Crippen molar-refractivity contribution in [2.75, 3.05) is 6.54 Å². The molecule has 0 aliphatic carbocycles. The topological polar surface area (TPSA) is 25.2 Å². The van der Waals surface area contributed by atoms with E-state index in [4.69, 9.17) is 4.42 Å². The van der Waals surface area contributed by atoms with Crippen LogP contribution < -0.4 is 5.32 Å². The number of rotatable bonds is 5. The van der Waals surface area contributed by atoms with E-state index in [0.29, 0.717) is 6.04 Å². The van der Waals surface area contributed by atoms with E-state index in [1.165, 1.54) is 0 Å². The van der Waals surface area contributed by atoms with E-state index >= 15 is 0 Å². The molecule has 1 rings (SSSR count). The molecule has 0 saturated heterocycles. The van der Waals surface area contributed by atoms with E-state index in [1.807, 2.05) is 25.1 Å². The summed E-state index contributed by atoms with van der Waals surface area (Å²) in [4.78, 5) is 0. The predicted molar refractivity (Wildman–Crippen MR) is 54.7 cm³/mol. The Morgan fingerprint density at radius 3 is 3.08 bits per heavy atom. The summed E-state index contributed by atoms with van der Waals surface area (Å²) < 4.78 is 5.25. The Bertz CT molecular complexity index is 239. The van der Waals surface area contributed by atoms with Crippen molar-refractivity contribution < 1.29 is 4.42 Å². The minimum atomic E-state index is 0.461. The number of nitrogens with one attached hydrogen (secondary N) is 1. The van der Waals surface area contributed by atoms with Crippen molar-refractivity contribution in [2.45, 2.75) is 26.3 Å². The quantitative estimate of drug-likeness (QED) is 0.702. The summed E-state index contributed by atoms with van der Waals surface area (Å²) in [6.07, 6.45) is 6.82. The van der Waals surface area contributed by atoms with Gasteiger partial charge in [0.25, 0.3) is 0 Å². The molecule has 0 amide bonds. The van der Waals surface area contributed by atoms with Crippen LogP contribution in [0.25, 0.3) is 0 Å². The van der Waals surface area contributed by atoms with Crippen LogP contribution in [0.1, 0.15) is 19.6 Å². The summed E-state index contributed by atoms with van der Waals surface area (Å²) in [7, 11) is 0. The van der Waals surface area contributed by atoms with Crippen molar-refractivity contribution in [2.24, 2.45) is 0 Å². The SMILES string of the molecule is C/C=C/CNC(C)Cc1ccco1. The highest BCUT2D eigenvalue weighted by atomic mass is 16.3. The molecule has 1 atom stereocenters. The highest BCUT2D eigenvalue weighted by molar-refractivity contribution is 5.00. The van der Waals surface area contributed by atoms with Crippen LogP contribution in [0.4, 0.5) is 0 Å². The smallest absolute Gasteiger partial charge is 0.105 e. The first-order valence-electron chi connectivity index (χ1n) is 4.70. The average molecular weight is 179 g/mol. The zero-order chi connectivity index (χ0) is 9.52. The highest BCUT2D eigenvalue weighted by Gasteiger charge is 2.02. The number of hydrogen-bond donors (Lipinski definition) is 1. The molecule has 1 aromatic heterocycles. The average Bonchev–Trinajstić information content (AvgIpc) is 2.57. The Morgan fingerprint density at radius 2 is 2.46 bits per heavy atom.